The molecule has 0 aromatic carbocycles. The Bertz CT molecular complexity index is 70.1. The van der Waals surface area contributed by atoms with Crippen molar-refractivity contribution in [3.05, 3.63) is 0 Å². The Morgan fingerprint density at radius 1 is 0.900 bits per heavy atom. The van der Waals surface area contributed by atoms with E-state index in [-0.39, 0.29) is 0 Å². The van der Waals surface area contributed by atoms with Crippen LogP contribution in [0.3, 0.4) is 0 Å². The fourth-order valence-corrected chi connectivity index (χ4v) is 0.993. The number of nitrogens with zero attached hydrogens (tertiary/aromatic N) is 2. The van der Waals surface area contributed by atoms with Gasteiger partial charge in [0.2, 0.25) is 0 Å². The molecule has 0 heterocycles. The topological polar surface area (TPSA) is 6.48 Å². The van der Waals surface area contributed by atoms with Crippen molar-refractivity contribution in [3.8, 4) is 0 Å². The molecule has 4 heteroatoms. The molecule has 0 aromatic heterocycles. The summed E-state index contributed by atoms with van der Waals surface area (Å²) in [7, 11) is 4.22. The average molecular weight is 180 g/mol. The maximum atomic E-state index is 2.23. The average Bonchev–Trinajstić information content (AvgIpc) is 1.99. The first kappa shape index (κ1) is 10.6. The van der Waals surface area contributed by atoms with E-state index in [1.54, 1.807) is 23.9 Å². The maximum Gasteiger partial charge on any atom is 0.0223 e. The Hall–Kier alpha value is 0.620. The monoisotopic (exact) mass is 180 g/mol. The third kappa shape index (κ3) is 5.41. The van der Waals surface area contributed by atoms with Gasteiger partial charge in [-0.25, -0.2) is 0 Å². The molecule has 0 saturated carbocycles. The van der Waals surface area contributed by atoms with Crippen molar-refractivity contribution >= 4 is 23.9 Å². The number of hydrogen-bond donors (Lipinski definition) is 0. The molecule has 0 unspecified atom stereocenters. The largest absolute Gasteiger partial charge is 0.253 e. The highest BCUT2D eigenvalue weighted by molar-refractivity contribution is 7.96. The van der Waals surface area contributed by atoms with Crippen molar-refractivity contribution in [2.75, 3.05) is 39.7 Å². The molecule has 10 heavy (non-hydrogen) atoms. The van der Waals surface area contributed by atoms with Gasteiger partial charge < -0.3 is 0 Å². The summed E-state index contributed by atoms with van der Waals surface area (Å²) in [4.78, 5) is 0. The highest BCUT2D eigenvalue weighted by atomic mass is 32.2. The van der Waals surface area contributed by atoms with Crippen molar-refractivity contribution in [3.63, 3.8) is 0 Å². The van der Waals surface area contributed by atoms with Gasteiger partial charge >= 0.3 is 0 Å². The molecule has 0 bridgehead atoms. The molecule has 0 atom stereocenters. The molecule has 0 aliphatic heterocycles. The Morgan fingerprint density at radius 3 is 1.40 bits per heavy atom. The molecule has 0 aromatic rings. The molecular weight excluding hydrogens is 164 g/mol. The zero-order chi connectivity index (χ0) is 7.98. The molecular formula is C6H16N2S2. The van der Waals surface area contributed by atoms with E-state index in [0.29, 0.717) is 0 Å². The summed E-state index contributed by atoms with van der Waals surface area (Å²) in [6.07, 6.45) is 4.19. The van der Waals surface area contributed by atoms with E-state index in [1.165, 1.54) is 0 Å². The summed E-state index contributed by atoms with van der Waals surface area (Å²) < 4.78 is 4.46. The van der Waals surface area contributed by atoms with Gasteiger partial charge in [0.1, 0.15) is 0 Å². The second-order valence-electron chi connectivity index (χ2n) is 2.07. The van der Waals surface area contributed by atoms with Gasteiger partial charge in [0, 0.05) is 13.1 Å². The molecule has 0 N–H and O–H groups in total. The first-order valence-corrected chi connectivity index (χ1v) is 5.57. The summed E-state index contributed by atoms with van der Waals surface area (Å²) in [6, 6.07) is 0. The molecule has 0 rings (SSSR count). The van der Waals surface area contributed by atoms with E-state index >= 15 is 0 Å². The summed E-state index contributed by atoms with van der Waals surface area (Å²) in [6.45, 7) is 2.25. The molecule has 0 aliphatic carbocycles. The molecule has 0 radical (unpaired) electrons. The predicted molar refractivity (Wildman–Crippen MR) is 52.3 cm³/mol. The lowest BCUT2D eigenvalue weighted by molar-refractivity contribution is 0.472. The van der Waals surface area contributed by atoms with Crippen LogP contribution in [-0.2, 0) is 0 Å². The van der Waals surface area contributed by atoms with Crippen LogP contribution in [0.2, 0.25) is 0 Å². The number of likely N-dealkylation sites (N-methyl/N-ethyl adjacent to an activating group) is 2. The zero-order valence-electron chi connectivity index (χ0n) is 7.13. The van der Waals surface area contributed by atoms with Crippen molar-refractivity contribution in [2.45, 2.75) is 0 Å². The van der Waals surface area contributed by atoms with Gasteiger partial charge in [0.05, 0.1) is 0 Å². The van der Waals surface area contributed by atoms with Crippen LogP contribution in [0.15, 0.2) is 0 Å². The van der Waals surface area contributed by atoms with E-state index in [1.807, 2.05) is 0 Å². The minimum absolute atomic E-state index is 1.12. The van der Waals surface area contributed by atoms with Gasteiger partial charge in [-0.3, -0.25) is 8.61 Å². The molecule has 0 spiro atoms. The third-order valence-electron chi connectivity index (χ3n) is 1.35. The van der Waals surface area contributed by atoms with Crippen LogP contribution in [0.4, 0.5) is 0 Å². The van der Waals surface area contributed by atoms with Gasteiger partial charge in [-0.1, -0.05) is 23.9 Å². The quantitative estimate of drug-likeness (QED) is 0.590. The fraction of sp³-hybridized carbons (Fsp3) is 1.00. The molecule has 0 fully saturated rings. The smallest absolute Gasteiger partial charge is 0.0223 e. The van der Waals surface area contributed by atoms with Crippen LogP contribution >= 0.6 is 23.9 Å². The number of rotatable bonds is 5. The van der Waals surface area contributed by atoms with Gasteiger partial charge in [0.25, 0.3) is 0 Å². The van der Waals surface area contributed by atoms with Crippen LogP contribution in [0.25, 0.3) is 0 Å². The van der Waals surface area contributed by atoms with Crippen molar-refractivity contribution in [1.82, 2.24) is 8.61 Å². The summed E-state index contributed by atoms with van der Waals surface area (Å²) in [5.74, 6) is 0. The lowest BCUT2D eigenvalue weighted by atomic mass is 10.6. The second kappa shape index (κ2) is 6.34. The lowest BCUT2D eigenvalue weighted by Gasteiger charge is -2.17. The SMILES string of the molecule is CSN(C)CCN(C)SC. The van der Waals surface area contributed by atoms with Crippen LogP contribution < -0.4 is 0 Å². The van der Waals surface area contributed by atoms with Gasteiger partial charge in [-0.15, -0.1) is 0 Å². The second-order valence-corrected chi connectivity index (χ2v) is 4.05. The third-order valence-corrected chi connectivity index (χ3v) is 2.96. The van der Waals surface area contributed by atoms with E-state index < -0.39 is 0 Å². The highest BCUT2D eigenvalue weighted by Gasteiger charge is 1.97. The Kier molecular flexibility index (Phi) is 6.73. The van der Waals surface area contributed by atoms with E-state index in [9.17, 15) is 0 Å². The van der Waals surface area contributed by atoms with Crippen molar-refractivity contribution in [2.24, 2.45) is 0 Å². The van der Waals surface area contributed by atoms with Gasteiger partial charge in [-0.2, -0.15) is 0 Å². The summed E-state index contributed by atoms with van der Waals surface area (Å²) >= 11 is 3.55. The van der Waals surface area contributed by atoms with Crippen molar-refractivity contribution < 1.29 is 0 Å². The maximum absolute atomic E-state index is 2.23. The minimum atomic E-state index is 1.12. The number of hydrogen-bond acceptors (Lipinski definition) is 4. The molecule has 2 nitrogen and oxygen atoms in total. The Balaban J connectivity index is 3.17. The van der Waals surface area contributed by atoms with Gasteiger partial charge in [0.15, 0.2) is 0 Å². The summed E-state index contributed by atoms with van der Waals surface area (Å²) in [5, 5.41) is 0. The lowest BCUT2D eigenvalue weighted by Crippen LogP contribution is -2.22. The Morgan fingerprint density at radius 2 is 1.20 bits per heavy atom. The predicted octanol–water partition coefficient (Wildman–Crippen LogP) is 1.41. The van der Waals surface area contributed by atoms with Gasteiger partial charge in [-0.05, 0) is 26.6 Å². The zero-order valence-corrected chi connectivity index (χ0v) is 8.76. The van der Waals surface area contributed by atoms with E-state index in [4.69, 9.17) is 0 Å². The first-order valence-electron chi connectivity index (χ1n) is 3.21. The molecule has 0 saturated heterocycles. The van der Waals surface area contributed by atoms with Crippen LogP contribution in [0.1, 0.15) is 0 Å². The van der Waals surface area contributed by atoms with E-state index in [2.05, 4.69) is 35.2 Å². The Labute approximate surface area is 72.6 Å². The standard InChI is InChI=1S/C6H16N2S2/c1-7(9-3)5-6-8(2)10-4/h5-6H2,1-4H3. The normalized spacial score (nSPS) is 11.4. The minimum Gasteiger partial charge on any atom is -0.253 e. The highest BCUT2D eigenvalue weighted by Crippen LogP contribution is 2.03. The first-order chi connectivity index (χ1) is 4.70. The van der Waals surface area contributed by atoms with Crippen LogP contribution in [0, 0.1) is 0 Å². The summed E-state index contributed by atoms with van der Waals surface area (Å²) in [5.41, 5.74) is 0. The molecule has 62 valence electrons. The molecule has 0 amide bonds. The van der Waals surface area contributed by atoms with E-state index in [0.717, 1.165) is 13.1 Å². The van der Waals surface area contributed by atoms with Crippen molar-refractivity contribution in [1.29, 1.82) is 0 Å². The molecule has 0 aliphatic rings. The van der Waals surface area contributed by atoms with Crippen LogP contribution in [-0.4, -0.2) is 48.3 Å². The van der Waals surface area contributed by atoms with Crippen LogP contribution in [0.5, 0.6) is 0 Å². The fourth-order valence-electron chi connectivity index (χ4n) is 0.464.